The van der Waals surface area contributed by atoms with Crippen molar-refractivity contribution in [3.05, 3.63) is 58.6 Å². The van der Waals surface area contributed by atoms with Gasteiger partial charge < -0.3 is 19.9 Å². The number of aliphatic hydroxyl groups excluding tert-OH is 1. The highest BCUT2D eigenvalue weighted by molar-refractivity contribution is 6.30. The molecular weight excluding hydrogens is 326 g/mol. The zero-order chi connectivity index (χ0) is 17.4. The van der Waals surface area contributed by atoms with Crippen LogP contribution in [0, 0.1) is 0 Å². The Morgan fingerprint density at radius 1 is 1.04 bits per heavy atom. The van der Waals surface area contributed by atoms with E-state index in [0.717, 1.165) is 16.9 Å². The number of nitrogens with one attached hydrogen (secondary N) is 1. The Labute approximate surface area is 148 Å². The fraction of sp³-hybridized carbons (Fsp3) is 0.368. The van der Waals surface area contributed by atoms with Crippen molar-refractivity contribution in [1.29, 1.82) is 0 Å². The average molecular weight is 350 g/mol. The summed E-state index contributed by atoms with van der Waals surface area (Å²) in [5.74, 6) is 1.44. The molecule has 2 rings (SSSR count). The Morgan fingerprint density at radius 3 is 2.42 bits per heavy atom. The van der Waals surface area contributed by atoms with E-state index < -0.39 is 0 Å². The van der Waals surface area contributed by atoms with E-state index in [1.165, 1.54) is 0 Å². The van der Waals surface area contributed by atoms with Crippen molar-refractivity contribution >= 4 is 11.6 Å². The topological polar surface area (TPSA) is 50.7 Å². The Bertz CT molecular complexity index is 629. The number of rotatable bonds is 9. The fourth-order valence-corrected chi connectivity index (χ4v) is 2.34. The van der Waals surface area contributed by atoms with Gasteiger partial charge >= 0.3 is 0 Å². The summed E-state index contributed by atoms with van der Waals surface area (Å²) in [5.41, 5.74) is 2.13. The quantitative estimate of drug-likeness (QED) is 0.723. The lowest BCUT2D eigenvalue weighted by Gasteiger charge is -2.14. The molecule has 0 aliphatic carbocycles. The maximum absolute atomic E-state index is 9.29. The molecule has 2 aromatic carbocycles. The Morgan fingerprint density at radius 2 is 1.75 bits per heavy atom. The van der Waals surface area contributed by atoms with Crippen LogP contribution in [0.2, 0.25) is 5.02 Å². The lowest BCUT2D eigenvalue weighted by molar-refractivity contribution is 0.191. The molecule has 0 aliphatic rings. The van der Waals surface area contributed by atoms with E-state index in [-0.39, 0.29) is 6.10 Å². The summed E-state index contributed by atoms with van der Waals surface area (Å²) in [6, 6.07) is 13.5. The van der Waals surface area contributed by atoms with E-state index in [2.05, 4.69) is 5.32 Å². The molecule has 4 nitrogen and oxygen atoms in total. The van der Waals surface area contributed by atoms with Crippen molar-refractivity contribution in [2.45, 2.75) is 33.1 Å². The lowest BCUT2D eigenvalue weighted by Crippen LogP contribution is -2.23. The van der Waals surface area contributed by atoms with Gasteiger partial charge in [0.05, 0.1) is 12.7 Å². The SMILES string of the molecule is CCOc1cc(CNCC(C)O)ccc1OCc1ccc(Cl)cc1. The van der Waals surface area contributed by atoms with Crippen LogP contribution in [-0.4, -0.2) is 24.4 Å². The summed E-state index contributed by atoms with van der Waals surface area (Å²) < 4.78 is 11.6. The van der Waals surface area contributed by atoms with Gasteiger partial charge in [0, 0.05) is 18.1 Å². The highest BCUT2D eigenvalue weighted by Crippen LogP contribution is 2.29. The van der Waals surface area contributed by atoms with Crippen molar-refractivity contribution in [1.82, 2.24) is 5.32 Å². The molecule has 0 fully saturated rings. The molecular formula is C19H24ClNO3. The standard InChI is InChI=1S/C19H24ClNO3/c1-3-23-19-10-16(12-21-11-14(2)22)6-9-18(19)24-13-15-4-7-17(20)8-5-15/h4-10,14,21-22H,3,11-13H2,1-2H3. The highest BCUT2D eigenvalue weighted by Gasteiger charge is 2.07. The molecule has 1 unspecified atom stereocenters. The first-order chi connectivity index (χ1) is 11.6. The highest BCUT2D eigenvalue weighted by atomic mass is 35.5. The van der Waals surface area contributed by atoms with Crippen molar-refractivity contribution < 1.29 is 14.6 Å². The van der Waals surface area contributed by atoms with Crippen LogP contribution in [0.3, 0.4) is 0 Å². The van der Waals surface area contributed by atoms with Gasteiger partial charge in [0.25, 0.3) is 0 Å². The van der Waals surface area contributed by atoms with Crippen molar-refractivity contribution in [3.8, 4) is 11.5 Å². The summed E-state index contributed by atoms with van der Waals surface area (Å²) in [5, 5.41) is 13.2. The van der Waals surface area contributed by atoms with E-state index in [1.54, 1.807) is 6.92 Å². The fourth-order valence-electron chi connectivity index (χ4n) is 2.22. The summed E-state index contributed by atoms with van der Waals surface area (Å²) in [7, 11) is 0. The molecule has 0 amide bonds. The van der Waals surface area contributed by atoms with Crippen LogP contribution in [0.15, 0.2) is 42.5 Å². The molecule has 0 aromatic heterocycles. The molecule has 0 saturated heterocycles. The van der Waals surface area contributed by atoms with Gasteiger partial charge in [0.2, 0.25) is 0 Å². The van der Waals surface area contributed by atoms with Gasteiger partial charge in [0.15, 0.2) is 11.5 Å². The van der Waals surface area contributed by atoms with Gasteiger partial charge in [-0.2, -0.15) is 0 Å². The van der Waals surface area contributed by atoms with Crippen LogP contribution in [0.5, 0.6) is 11.5 Å². The van der Waals surface area contributed by atoms with Gasteiger partial charge in [0.1, 0.15) is 6.61 Å². The first-order valence-electron chi connectivity index (χ1n) is 8.10. The minimum atomic E-state index is -0.363. The summed E-state index contributed by atoms with van der Waals surface area (Å²) in [4.78, 5) is 0. The first kappa shape index (κ1) is 18.6. The zero-order valence-electron chi connectivity index (χ0n) is 14.1. The van der Waals surface area contributed by atoms with E-state index in [4.69, 9.17) is 21.1 Å². The smallest absolute Gasteiger partial charge is 0.161 e. The molecule has 5 heteroatoms. The van der Waals surface area contributed by atoms with Crippen LogP contribution >= 0.6 is 11.6 Å². The average Bonchev–Trinajstić information content (AvgIpc) is 2.55. The molecule has 0 saturated carbocycles. The van der Waals surface area contributed by atoms with Gasteiger partial charge in [-0.1, -0.05) is 29.8 Å². The van der Waals surface area contributed by atoms with E-state index in [1.807, 2.05) is 49.4 Å². The zero-order valence-corrected chi connectivity index (χ0v) is 14.8. The molecule has 0 aliphatic heterocycles. The predicted octanol–water partition coefficient (Wildman–Crippen LogP) is 3.79. The van der Waals surface area contributed by atoms with Crippen LogP contribution in [0.4, 0.5) is 0 Å². The maximum atomic E-state index is 9.29. The summed E-state index contributed by atoms with van der Waals surface area (Å²) >= 11 is 5.89. The van der Waals surface area contributed by atoms with Gasteiger partial charge in [-0.15, -0.1) is 0 Å². The number of hydrogen-bond acceptors (Lipinski definition) is 4. The predicted molar refractivity (Wildman–Crippen MR) is 96.8 cm³/mol. The molecule has 0 spiro atoms. The molecule has 24 heavy (non-hydrogen) atoms. The number of halogens is 1. The maximum Gasteiger partial charge on any atom is 0.161 e. The van der Waals surface area contributed by atoms with Crippen molar-refractivity contribution in [2.75, 3.05) is 13.2 Å². The van der Waals surface area contributed by atoms with Gasteiger partial charge in [-0.3, -0.25) is 0 Å². The molecule has 0 radical (unpaired) electrons. The molecule has 1 atom stereocenters. The monoisotopic (exact) mass is 349 g/mol. The third-order valence-electron chi connectivity index (χ3n) is 3.38. The van der Waals surface area contributed by atoms with E-state index in [9.17, 15) is 5.11 Å². The molecule has 2 aromatic rings. The largest absolute Gasteiger partial charge is 0.490 e. The number of benzene rings is 2. The Hall–Kier alpha value is -1.75. The minimum Gasteiger partial charge on any atom is -0.490 e. The first-order valence-corrected chi connectivity index (χ1v) is 8.48. The molecule has 0 bridgehead atoms. The van der Waals surface area contributed by atoms with Crippen molar-refractivity contribution in [3.63, 3.8) is 0 Å². The van der Waals surface area contributed by atoms with E-state index >= 15 is 0 Å². The molecule has 0 heterocycles. The second-order valence-corrected chi connectivity index (χ2v) is 6.05. The number of aliphatic hydroxyl groups is 1. The third-order valence-corrected chi connectivity index (χ3v) is 3.64. The lowest BCUT2D eigenvalue weighted by atomic mass is 10.2. The van der Waals surface area contributed by atoms with Crippen LogP contribution in [0.1, 0.15) is 25.0 Å². The minimum absolute atomic E-state index is 0.363. The van der Waals surface area contributed by atoms with Crippen molar-refractivity contribution in [2.24, 2.45) is 0 Å². The normalized spacial score (nSPS) is 12.0. The number of ether oxygens (including phenoxy) is 2. The van der Waals surface area contributed by atoms with Crippen LogP contribution in [0.25, 0.3) is 0 Å². The Balaban J connectivity index is 2.01. The number of hydrogen-bond donors (Lipinski definition) is 2. The summed E-state index contributed by atoms with van der Waals surface area (Å²) in [6.07, 6.45) is -0.363. The van der Waals surface area contributed by atoms with Crippen LogP contribution in [-0.2, 0) is 13.2 Å². The van der Waals surface area contributed by atoms with E-state index in [0.29, 0.717) is 37.1 Å². The van der Waals surface area contributed by atoms with Gasteiger partial charge in [-0.05, 0) is 49.2 Å². The molecule has 130 valence electrons. The van der Waals surface area contributed by atoms with Crippen LogP contribution < -0.4 is 14.8 Å². The second kappa shape index (κ2) is 9.52. The summed E-state index contributed by atoms with van der Waals surface area (Å²) in [6.45, 7) is 5.95. The Kier molecular flexibility index (Phi) is 7.37. The second-order valence-electron chi connectivity index (χ2n) is 5.61. The van der Waals surface area contributed by atoms with Gasteiger partial charge in [-0.25, -0.2) is 0 Å². The molecule has 2 N–H and O–H groups in total. The third kappa shape index (κ3) is 6.04.